The normalized spacial score (nSPS) is 13.6. The number of rotatable bonds is 6. The summed E-state index contributed by atoms with van der Waals surface area (Å²) in [5.41, 5.74) is 7.63. The lowest BCUT2D eigenvalue weighted by Crippen LogP contribution is -2.22. The highest BCUT2D eigenvalue weighted by Gasteiger charge is 2.26. The zero-order valence-electron chi connectivity index (χ0n) is 16.4. The average molecular weight is 434 g/mol. The summed E-state index contributed by atoms with van der Waals surface area (Å²) < 4.78 is 10.8. The highest BCUT2D eigenvalue weighted by atomic mass is 35.5. The molecule has 0 atom stereocenters. The number of benzene rings is 1. The number of hydrogen-bond acceptors (Lipinski definition) is 7. The average Bonchev–Trinajstić information content (AvgIpc) is 3.52. The van der Waals surface area contributed by atoms with E-state index in [-0.39, 0.29) is 5.95 Å². The molecule has 0 amide bonds. The molecule has 0 bridgehead atoms. The van der Waals surface area contributed by atoms with E-state index in [1.165, 1.54) is 27.1 Å². The number of nitrogen functional groups attached to an aromatic ring is 1. The fourth-order valence-corrected chi connectivity index (χ4v) is 4.01. The molecular formula is C20H21Cl2N5O2. The molecule has 1 fully saturated rings. The first kappa shape index (κ1) is 19.8. The molecule has 0 radical (unpaired) electrons. The Labute approximate surface area is 178 Å². The fourth-order valence-electron chi connectivity index (χ4n) is 3.32. The number of ether oxygens (including phenoxy) is 2. The third kappa shape index (κ3) is 3.72. The molecule has 1 aliphatic carbocycles. The van der Waals surface area contributed by atoms with Crippen molar-refractivity contribution in [3.8, 4) is 22.8 Å². The minimum Gasteiger partial charge on any atom is -0.495 e. The van der Waals surface area contributed by atoms with E-state index in [1.54, 1.807) is 12.3 Å². The van der Waals surface area contributed by atoms with E-state index < -0.39 is 0 Å². The molecule has 2 aromatic heterocycles. The molecule has 152 valence electrons. The molecule has 0 saturated heterocycles. The largest absolute Gasteiger partial charge is 0.495 e. The second-order valence-corrected chi connectivity index (χ2v) is 7.86. The van der Waals surface area contributed by atoms with Gasteiger partial charge in [-0.1, -0.05) is 23.2 Å². The first-order valence-electron chi connectivity index (χ1n) is 9.17. The van der Waals surface area contributed by atoms with Crippen LogP contribution < -0.4 is 20.1 Å². The maximum Gasteiger partial charge on any atom is 0.220 e. The van der Waals surface area contributed by atoms with Crippen LogP contribution in [-0.4, -0.2) is 42.8 Å². The molecule has 9 heteroatoms. The summed E-state index contributed by atoms with van der Waals surface area (Å²) in [6, 6.07) is 3.49. The van der Waals surface area contributed by atoms with Crippen LogP contribution in [0.1, 0.15) is 12.8 Å². The Morgan fingerprint density at radius 3 is 2.34 bits per heavy atom. The van der Waals surface area contributed by atoms with Crippen LogP contribution in [0.2, 0.25) is 10.0 Å². The lowest BCUT2D eigenvalue weighted by molar-refractivity contribution is 0.395. The summed E-state index contributed by atoms with van der Waals surface area (Å²) in [7, 11) is 5.08. The lowest BCUT2D eigenvalue weighted by Gasteiger charge is -2.21. The zero-order valence-corrected chi connectivity index (χ0v) is 17.9. The molecule has 1 saturated carbocycles. The topological polar surface area (TPSA) is 86.4 Å². The molecule has 3 aromatic rings. The van der Waals surface area contributed by atoms with Crippen molar-refractivity contribution in [1.82, 2.24) is 15.0 Å². The Kier molecular flexibility index (Phi) is 5.27. The Morgan fingerprint density at radius 2 is 1.76 bits per heavy atom. The number of fused-ring (bicyclic) bond motifs is 1. The molecule has 7 nitrogen and oxygen atoms in total. The van der Waals surface area contributed by atoms with E-state index >= 15 is 0 Å². The van der Waals surface area contributed by atoms with E-state index in [2.05, 4.69) is 14.9 Å². The second-order valence-electron chi connectivity index (χ2n) is 7.11. The number of aromatic nitrogens is 3. The number of hydrogen-bond donors (Lipinski definition) is 1. The van der Waals surface area contributed by atoms with Crippen LogP contribution in [0.3, 0.4) is 0 Å². The fraction of sp³-hybridized carbons (Fsp3) is 0.350. The minimum atomic E-state index is 0.201. The molecule has 29 heavy (non-hydrogen) atoms. The Balaban J connectivity index is 1.96. The summed E-state index contributed by atoms with van der Waals surface area (Å²) >= 11 is 13.2. The summed E-state index contributed by atoms with van der Waals surface area (Å²) in [6.45, 7) is 0.887. The summed E-state index contributed by atoms with van der Waals surface area (Å²) in [6.07, 6.45) is 4.13. The van der Waals surface area contributed by atoms with Crippen molar-refractivity contribution in [3.63, 3.8) is 0 Å². The quantitative estimate of drug-likeness (QED) is 0.614. The monoisotopic (exact) mass is 433 g/mol. The third-order valence-corrected chi connectivity index (χ3v) is 5.74. The van der Waals surface area contributed by atoms with Crippen LogP contribution in [0.4, 0.5) is 11.8 Å². The molecule has 1 aromatic carbocycles. The van der Waals surface area contributed by atoms with Gasteiger partial charge in [0.25, 0.3) is 0 Å². The van der Waals surface area contributed by atoms with E-state index in [1.807, 2.05) is 13.1 Å². The highest BCUT2D eigenvalue weighted by molar-refractivity contribution is 6.41. The van der Waals surface area contributed by atoms with Crippen molar-refractivity contribution in [2.75, 3.05) is 38.4 Å². The highest BCUT2D eigenvalue weighted by Crippen LogP contribution is 2.46. The van der Waals surface area contributed by atoms with Gasteiger partial charge in [-0.3, -0.25) is 0 Å². The summed E-state index contributed by atoms with van der Waals surface area (Å²) in [5.74, 6) is 2.47. The number of nitrogens with zero attached hydrogens (tertiary/aromatic N) is 4. The van der Waals surface area contributed by atoms with Crippen LogP contribution in [0.5, 0.6) is 11.5 Å². The van der Waals surface area contributed by atoms with Gasteiger partial charge in [-0.25, -0.2) is 15.0 Å². The van der Waals surface area contributed by atoms with Crippen LogP contribution >= 0.6 is 23.2 Å². The molecule has 2 heterocycles. The SMILES string of the molecule is COc1cc(OC)c(Cl)c(-c2cc3cnc(N)nc3c(N(C)CC3CC3)n2)c1Cl. The van der Waals surface area contributed by atoms with E-state index in [9.17, 15) is 0 Å². The molecular weight excluding hydrogens is 413 g/mol. The van der Waals surface area contributed by atoms with Gasteiger partial charge in [-0.15, -0.1) is 0 Å². The van der Waals surface area contributed by atoms with Gasteiger partial charge in [0, 0.05) is 36.8 Å². The third-order valence-electron chi connectivity index (χ3n) is 4.99. The van der Waals surface area contributed by atoms with Crippen LogP contribution in [0.15, 0.2) is 18.3 Å². The Morgan fingerprint density at radius 1 is 1.10 bits per heavy atom. The predicted octanol–water partition coefficient (Wildman–Crippen LogP) is 4.44. The van der Waals surface area contributed by atoms with E-state index in [4.69, 9.17) is 43.4 Å². The first-order valence-corrected chi connectivity index (χ1v) is 9.93. The number of pyridine rings is 1. The first-order chi connectivity index (χ1) is 13.9. The van der Waals surface area contributed by atoms with Gasteiger partial charge < -0.3 is 20.1 Å². The molecule has 0 aliphatic heterocycles. The van der Waals surface area contributed by atoms with E-state index in [0.717, 1.165) is 11.9 Å². The van der Waals surface area contributed by atoms with Crippen molar-refractivity contribution >= 4 is 45.9 Å². The molecule has 0 unspecified atom stereocenters. The maximum absolute atomic E-state index is 6.61. The molecule has 4 rings (SSSR count). The summed E-state index contributed by atoms with van der Waals surface area (Å²) in [4.78, 5) is 15.5. The van der Waals surface area contributed by atoms with Gasteiger partial charge in [0.2, 0.25) is 5.95 Å². The second kappa shape index (κ2) is 7.72. The smallest absolute Gasteiger partial charge is 0.220 e. The Bertz CT molecular complexity index is 1060. The van der Waals surface area contributed by atoms with Crippen molar-refractivity contribution in [2.45, 2.75) is 12.8 Å². The van der Waals surface area contributed by atoms with Crippen molar-refractivity contribution < 1.29 is 9.47 Å². The molecule has 0 spiro atoms. The van der Waals surface area contributed by atoms with Crippen molar-refractivity contribution in [2.24, 2.45) is 5.92 Å². The van der Waals surface area contributed by atoms with Crippen molar-refractivity contribution in [1.29, 1.82) is 0 Å². The van der Waals surface area contributed by atoms with Crippen LogP contribution in [-0.2, 0) is 0 Å². The van der Waals surface area contributed by atoms with Crippen LogP contribution in [0.25, 0.3) is 22.2 Å². The zero-order chi connectivity index (χ0) is 20.7. The van der Waals surface area contributed by atoms with Gasteiger partial charge >= 0.3 is 0 Å². The predicted molar refractivity (Wildman–Crippen MR) is 116 cm³/mol. The van der Waals surface area contributed by atoms with Crippen LogP contribution in [0, 0.1) is 5.92 Å². The van der Waals surface area contributed by atoms with Gasteiger partial charge in [0.1, 0.15) is 17.0 Å². The number of nitrogens with two attached hydrogens (primary N) is 1. The van der Waals surface area contributed by atoms with Gasteiger partial charge in [-0.05, 0) is 24.8 Å². The summed E-state index contributed by atoms with van der Waals surface area (Å²) in [5, 5.41) is 1.50. The van der Waals surface area contributed by atoms with Gasteiger partial charge in [-0.2, -0.15) is 0 Å². The molecule has 2 N–H and O–H groups in total. The van der Waals surface area contributed by atoms with E-state index in [0.29, 0.717) is 50.1 Å². The minimum absolute atomic E-state index is 0.201. The number of methoxy groups -OCH3 is 2. The van der Waals surface area contributed by atoms with Gasteiger partial charge in [0.15, 0.2) is 5.82 Å². The Hall–Kier alpha value is -2.51. The number of halogens is 2. The van der Waals surface area contributed by atoms with Gasteiger partial charge in [0.05, 0.1) is 30.0 Å². The lowest BCUT2D eigenvalue weighted by atomic mass is 10.1. The van der Waals surface area contributed by atoms with Crippen molar-refractivity contribution in [3.05, 3.63) is 28.4 Å². The number of anilines is 2. The molecule has 1 aliphatic rings. The maximum atomic E-state index is 6.61. The standard InChI is InChI=1S/C20H21Cl2N5O2/c1-27(9-10-4-5-10)19-18-11(8-24-20(23)26-18)6-12(25-19)15-16(21)13(28-2)7-14(29-3)17(15)22/h6-8,10H,4-5,9H2,1-3H3,(H2,23,24,26).